The number of aromatic amines is 1. The maximum absolute atomic E-state index is 13.1. The summed E-state index contributed by atoms with van der Waals surface area (Å²) in [5.41, 5.74) is 2.46. The van der Waals surface area contributed by atoms with E-state index in [1.54, 1.807) is 38.0 Å². The van der Waals surface area contributed by atoms with Gasteiger partial charge in [-0.3, -0.25) is 19.6 Å². The van der Waals surface area contributed by atoms with Crippen LogP contribution in [0.15, 0.2) is 29.8 Å². The Morgan fingerprint density at radius 3 is 2.47 bits per heavy atom. The van der Waals surface area contributed by atoms with Crippen molar-refractivity contribution in [1.29, 1.82) is 0 Å². The third-order valence-electron chi connectivity index (χ3n) is 6.10. The van der Waals surface area contributed by atoms with E-state index in [2.05, 4.69) is 15.1 Å². The van der Waals surface area contributed by atoms with Crippen LogP contribution in [-0.2, 0) is 14.3 Å². The number of rotatable bonds is 6. The zero-order valence-electron chi connectivity index (χ0n) is 18.6. The number of benzene rings is 1. The molecule has 2 aromatic rings. The van der Waals surface area contributed by atoms with Crippen molar-refractivity contribution >= 4 is 17.4 Å². The summed E-state index contributed by atoms with van der Waals surface area (Å²) in [5, 5.41) is 18.1. The highest BCUT2D eigenvalue weighted by atomic mass is 16.5. The van der Waals surface area contributed by atoms with Crippen molar-refractivity contribution < 1.29 is 24.2 Å². The highest BCUT2D eigenvalue weighted by molar-refractivity contribution is 6.46. The number of amides is 1. The standard InChI is InChI=1S/C23H28N4O5/c1-14-18(15(2)25-24-14)21(28)19-20(16-4-6-17(31-3)7-5-16)27(23(30)22(19)29)9-8-26-10-12-32-13-11-26/h4-7,20,28H,8-13H2,1-3H3,(H,24,25)/t20-/m1/s1. The first-order chi connectivity index (χ1) is 15.4. The van der Waals surface area contributed by atoms with Crippen molar-refractivity contribution in [3.63, 3.8) is 0 Å². The molecule has 2 saturated heterocycles. The molecule has 170 valence electrons. The number of nitrogens with one attached hydrogen (secondary N) is 1. The lowest BCUT2D eigenvalue weighted by Gasteiger charge is -2.31. The highest BCUT2D eigenvalue weighted by Gasteiger charge is 2.46. The van der Waals surface area contributed by atoms with Gasteiger partial charge in [-0.05, 0) is 31.5 Å². The molecule has 32 heavy (non-hydrogen) atoms. The highest BCUT2D eigenvalue weighted by Crippen LogP contribution is 2.40. The Morgan fingerprint density at radius 2 is 1.88 bits per heavy atom. The van der Waals surface area contributed by atoms with Crippen LogP contribution in [-0.4, -0.2) is 83.3 Å². The molecule has 0 unspecified atom stereocenters. The molecule has 0 bridgehead atoms. The van der Waals surface area contributed by atoms with E-state index in [0.717, 1.165) is 18.7 Å². The lowest BCUT2D eigenvalue weighted by molar-refractivity contribution is -0.140. The van der Waals surface area contributed by atoms with Gasteiger partial charge >= 0.3 is 0 Å². The zero-order chi connectivity index (χ0) is 22.8. The van der Waals surface area contributed by atoms with Gasteiger partial charge in [-0.25, -0.2) is 0 Å². The predicted molar refractivity (Wildman–Crippen MR) is 117 cm³/mol. The summed E-state index contributed by atoms with van der Waals surface area (Å²) in [6.07, 6.45) is 0. The molecule has 3 heterocycles. The van der Waals surface area contributed by atoms with E-state index >= 15 is 0 Å². The molecule has 9 heteroatoms. The Kier molecular flexibility index (Phi) is 6.29. The number of ketones is 1. The number of morpholine rings is 1. The van der Waals surface area contributed by atoms with E-state index in [1.165, 1.54) is 0 Å². The summed E-state index contributed by atoms with van der Waals surface area (Å²) < 4.78 is 10.6. The van der Waals surface area contributed by atoms with Gasteiger partial charge in [0.05, 0.1) is 43.2 Å². The molecule has 9 nitrogen and oxygen atoms in total. The van der Waals surface area contributed by atoms with Crippen molar-refractivity contribution in [2.24, 2.45) is 0 Å². The minimum absolute atomic E-state index is 0.0785. The average molecular weight is 441 g/mol. The number of aliphatic hydroxyl groups is 1. The van der Waals surface area contributed by atoms with E-state index in [-0.39, 0.29) is 11.3 Å². The van der Waals surface area contributed by atoms with Crippen molar-refractivity contribution in [2.45, 2.75) is 19.9 Å². The van der Waals surface area contributed by atoms with Crippen molar-refractivity contribution in [3.05, 3.63) is 52.4 Å². The van der Waals surface area contributed by atoms with Gasteiger partial charge in [0.1, 0.15) is 11.5 Å². The number of H-pyrrole nitrogens is 1. The van der Waals surface area contributed by atoms with Crippen LogP contribution in [0.3, 0.4) is 0 Å². The number of hydrogen-bond donors (Lipinski definition) is 2. The Morgan fingerprint density at radius 1 is 1.19 bits per heavy atom. The van der Waals surface area contributed by atoms with Gasteiger partial charge in [-0.15, -0.1) is 0 Å². The van der Waals surface area contributed by atoms with Crippen LogP contribution in [0, 0.1) is 13.8 Å². The summed E-state index contributed by atoms with van der Waals surface area (Å²) in [5.74, 6) is -0.841. The Balaban J connectivity index is 1.75. The topological polar surface area (TPSA) is 108 Å². The molecule has 0 spiro atoms. The fraction of sp³-hybridized carbons (Fsp3) is 0.435. The lowest BCUT2D eigenvalue weighted by Crippen LogP contribution is -2.42. The lowest BCUT2D eigenvalue weighted by atomic mass is 9.94. The molecule has 2 fully saturated rings. The number of aliphatic hydroxyl groups excluding tert-OH is 1. The molecular weight excluding hydrogens is 412 g/mol. The fourth-order valence-electron chi connectivity index (χ4n) is 4.35. The number of nitrogens with zero attached hydrogens (tertiary/aromatic N) is 3. The minimum Gasteiger partial charge on any atom is -0.507 e. The second-order valence-electron chi connectivity index (χ2n) is 8.03. The van der Waals surface area contributed by atoms with E-state index < -0.39 is 17.7 Å². The Hall–Kier alpha value is -3.17. The first kappa shape index (κ1) is 22.0. The van der Waals surface area contributed by atoms with Crippen molar-refractivity contribution in [2.75, 3.05) is 46.5 Å². The number of carbonyl (C=O) groups is 2. The second kappa shape index (κ2) is 9.13. The molecule has 1 aromatic heterocycles. The van der Waals surface area contributed by atoms with Crippen LogP contribution < -0.4 is 4.74 Å². The number of hydrogen-bond acceptors (Lipinski definition) is 7. The SMILES string of the molecule is COc1ccc([C@@H]2C(=C(O)c3c(C)n[nH]c3C)C(=O)C(=O)N2CCN2CCOCC2)cc1. The number of aromatic nitrogens is 2. The van der Waals surface area contributed by atoms with Crippen LogP contribution in [0.25, 0.3) is 5.76 Å². The van der Waals surface area contributed by atoms with E-state index in [0.29, 0.717) is 49.0 Å². The third-order valence-corrected chi connectivity index (χ3v) is 6.10. The third kappa shape index (κ3) is 4.01. The maximum Gasteiger partial charge on any atom is 0.295 e. The smallest absolute Gasteiger partial charge is 0.295 e. The molecule has 0 radical (unpaired) electrons. The molecule has 1 aromatic carbocycles. The number of ether oxygens (including phenoxy) is 2. The zero-order valence-corrected chi connectivity index (χ0v) is 18.6. The quantitative estimate of drug-likeness (QED) is 0.401. The van der Waals surface area contributed by atoms with Crippen LogP contribution in [0.1, 0.15) is 28.6 Å². The molecule has 2 aliphatic heterocycles. The number of methoxy groups -OCH3 is 1. The van der Waals surface area contributed by atoms with E-state index in [9.17, 15) is 14.7 Å². The molecule has 0 aliphatic carbocycles. The van der Waals surface area contributed by atoms with Gasteiger partial charge < -0.3 is 19.5 Å². The summed E-state index contributed by atoms with van der Waals surface area (Å²) in [6.45, 7) is 7.37. The summed E-state index contributed by atoms with van der Waals surface area (Å²) in [4.78, 5) is 30.0. The summed E-state index contributed by atoms with van der Waals surface area (Å²) >= 11 is 0. The first-order valence-electron chi connectivity index (χ1n) is 10.7. The first-order valence-corrected chi connectivity index (χ1v) is 10.7. The van der Waals surface area contributed by atoms with Crippen LogP contribution in [0.4, 0.5) is 0 Å². The molecule has 2 aliphatic rings. The fourth-order valence-corrected chi connectivity index (χ4v) is 4.35. The van der Waals surface area contributed by atoms with Gasteiger partial charge in [0, 0.05) is 31.9 Å². The van der Waals surface area contributed by atoms with Crippen LogP contribution in [0.5, 0.6) is 5.75 Å². The van der Waals surface area contributed by atoms with Gasteiger partial charge in [-0.2, -0.15) is 5.10 Å². The predicted octanol–water partition coefficient (Wildman–Crippen LogP) is 1.79. The van der Waals surface area contributed by atoms with Crippen molar-refractivity contribution in [1.82, 2.24) is 20.0 Å². The molecule has 0 saturated carbocycles. The molecular formula is C23H28N4O5. The number of Topliss-reactive ketones (excluding diaryl/α,β-unsaturated/α-hetero) is 1. The second-order valence-corrected chi connectivity index (χ2v) is 8.03. The van der Waals surface area contributed by atoms with E-state index in [1.807, 2.05) is 12.1 Å². The number of likely N-dealkylation sites (tertiary alicyclic amines) is 1. The van der Waals surface area contributed by atoms with Crippen LogP contribution >= 0.6 is 0 Å². The summed E-state index contributed by atoms with van der Waals surface area (Å²) in [7, 11) is 1.58. The monoisotopic (exact) mass is 440 g/mol. The Bertz CT molecular complexity index is 1020. The van der Waals surface area contributed by atoms with Crippen LogP contribution in [0.2, 0.25) is 0 Å². The molecule has 1 atom stereocenters. The van der Waals surface area contributed by atoms with Gasteiger partial charge in [0.25, 0.3) is 11.7 Å². The molecule has 2 N–H and O–H groups in total. The van der Waals surface area contributed by atoms with Gasteiger partial charge in [0.2, 0.25) is 0 Å². The largest absolute Gasteiger partial charge is 0.507 e. The number of carbonyl (C=O) groups excluding carboxylic acids is 2. The average Bonchev–Trinajstić information content (AvgIpc) is 3.28. The molecule has 1 amide bonds. The maximum atomic E-state index is 13.1. The number of aryl methyl sites for hydroxylation is 2. The Labute approximate surface area is 186 Å². The minimum atomic E-state index is -0.698. The van der Waals surface area contributed by atoms with E-state index in [4.69, 9.17) is 9.47 Å². The van der Waals surface area contributed by atoms with Gasteiger partial charge in [-0.1, -0.05) is 12.1 Å². The van der Waals surface area contributed by atoms with Crippen molar-refractivity contribution in [3.8, 4) is 5.75 Å². The van der Waals surface area contributed by atoms with Gasteiger partial charge in [0.15, 0.2) is 0 Å². The normalized spacial score (nSPS) is 21.3. The molecule has 4 rings (SSSR count). The summed E-state index contributed by atoms with van der Waals surface area (Å²) in [6, 6.07) is 6.51.